The molecule has 6 saturated heterocycles. The number of phenols is 1. The number of nitrogens with zero attached hydrogens (tertiary/aromatic N) is 8. The third kappa shape index (κ3) is 9.72. The average molecular weight is 1030 g/mol. The smallest absolute Gasteiger partial charge is 0.319 e. The highest BCUT2D eigenvalue weighted by atomic mass is 19.1. The van der Waals surface area contributed by atoms with Gasteiger partial charge in [-0.15, -0.1) is 6.42 Å². The number of ether oxygens (including phenoxy) is 1. The van der Waals surface area contributed by atoms with Crippen molar-refractivity contribution in [2.45, 2.75) is 95.3 Å². The van der Waals surface area contributed by atoms with Gasteiger partial charge in [0, 0.05) is 86.0 Å². The van der Waals surface area contributed by atoms with Crippen molar-refractivity contribution in [1.82, 2.24) is 40.3 Å². The minimum Gasteiger partial charge on any atom is -0.508 e. The van der Waals surface area contributed by atoms with Gasteiger partial charge in [-0.3, -0.25) is 29.6 Å². The third-order valence-electron chi connectivity index (χ3n) is 17.4. The zero-order valence-electron chi connectivity index (χ0n) is 42.1. The van der Waals surface area contributed by atoms with Gasteiger partial charge in [0.25, 0.3) is 5.91 Å². The Balaban J connectivity index is 0.619. The maximum Gasteiger partial charge on any atom is 0.319 e. The molecular weight excluding hydrogens is 962 g/mol. The van der Waals surface area contributed by atoms with Gasteiger partial charge in [-0.2, -0.15) is 9.97 Å². The van der Waals surface area contributed by atoms with Crippen molar-refractivity contribution in [3.05, 3.63) is 76.7 Å². The fraction of sp³-hybridized carbons (Fsp3) is 0.509. The molecule has 3 N–H and O–H groups in total. The molecule has 2 bridgehead atoms. The van der Waals surface area contributed by atoms with E-state index in [1.165, 1.54) is 48.4 Å². The van der Waals surface area contributed by atoms with Crippen molar-refractivity contribution in [2.24, 2.45) is 17.8 Å². The van der Waals surface area contributed by atoms with Gasteiger partial charge in [-0.05, 0) is 144 Å². The minimum atomic E-state index is -0.770. The number of aromatic hydroxyl groups is 1. The molecule has 3 unspecified atom stereocenters. The molecule has 15 nitrogen and oxygen atoms in total. The van der Waals surface area contributed by atoms with E-state index in [0.29, 0.717) is 89.5 Å². The molecule has 3 aromatic carbocycles. The van der Waals surface area contributed by atoms with E-state index in [1.807, 2.05) is 0 Å². The number of amides is 3. The zero-order chi connectivity index (χ0) is 51.5. The van der Waals surface area contributed by atoms with Crippen LogP contribution in [0.3, 0.4) is 0 Å². The second-order valence-corrected chi connectivity index (χ2v) is 22.1. The average Bonchev–Trinajstić information content (AvgIpc) is 3.94. The molecule has 0 aliphatic carbocycles. The summed E-state index contributed by atoms with van der Waals surface area (Å²) in [7, 11) is 0. The lowest BCUT2D eigenvalue weighted by Gasteiger charge is -2.39. The molecule has 392 valence electrons. The number of benzene rings is 3. The number of carbonyl (C=O) groups is 3. The zero-order valence-corrected chi connectivity index (χ0v) is 42.1. The standard InChI is InChI=1S/C57H63F3N10O5/c1-2-40-45(58)7-3-36-26-39(71)27-42(49(36)40)52-51(60)53-43(28-61-52)54(69-30-37-4-5-38(31-69)62-37)65-57(64-53)75-24-23-66-17-13-35(14-18-66)29-67-19-11-33(12-20-67)25-34-15-21-68(22-16-34)46-8-6-41-44(50(46)59)32-70(56(41)74)47-9-10-48(72)63-55(47)73/h1,3,6-8,26-28,33-35,37-38,47,62,71H,4-5,9-25,29-32H2,(H,63,72,73). The number of nitrogens with one attached hydrogen (secondary N) is 2. The highest BCUT2D eigenvalue weighted by Crippen LogP contribution is 2.41. The number of pyridine rings is 1. The fourth-order valence-corrected chi connectivity index (χ4v) is 13.4. The second kappa shape index (κ2) is 20.5. The number of carbonyl (C=O) groups excluding carboxylic acids is 3. The number of rotatable bonds is 12. The van der Waals surface area contributed by atoms with Crippen LogP contribution in [0.25, 0.3) is 32.9 Å². The summed E-state index contributed by atoms with van der Waals surface area (Å²) in [5, 5.41) is 17.8. The molecule has 2 aromatic heterocycles. The summed E-state index contributed by atoms with van der Waals surface area (Å²) >= 11 is 0. The summed E-state index contributed by atoms with van der Waals surface area (Å²) in [4.78, 5) is 62.2. The van der Waals surface area contributed by atoms with Crippen molar-refractivity contribution in [1.29, 1.82) is 0 Å². The first-order valence-corrected chi connectivity index (χ1v) is 27.0. The lowest BCUT2D eigenvalue weighted by Crippen LogP contribution is -2.52. The molecule has 0 saturated carbocycles. The molecule has 0 radical (unpaired) electrons. The van der Waals surface area contributed by atoms with Gasteiger partial charge in [0.1, 0.15) is 41.2 Å². The van der Waals surface area contributed by atoms with Gasteiger partial charge < -0.3 is 34.8 Å². The Labute approximate surface area is 434 Å². The highest BCUT2D eigenvalue weighted by Gasteiger charge is 2.41. The molecule has 6 fully saturated rings. The summed E-state index contributed by atoms with van der Waals surface area (Å²) in [6.45, 7) is 9.25. The molecule has 9 heterocycles. The number of halogens is 3. The predicted molar refractivity (Wildman–Crippen MR) is 278 cm³/mol. The van der Waals surface area contributed by atoms with Gasteiger partial charge in [0.05, 0.1) is 23.2 Å². The monoisotopic (exact) mass is 1020 g/mol. The van der Waals surface area contributed by atoms with Crippen LogP contribution in [0.15, 0.2) is 42.6 Å². The van der Waals surface area contributed by atoms with Crippen LogP contribution in [-0.4, -0.2) is 143 Å². The molecule has 12 rings (SSSR count). The Morgan fingerprint density at radius 1 is 0.787 bits per heavy atom. The van der Waals surface area contributed by atoms with Crippen LogP contribution in [0.2, 0.25) is 0 Å². The van der Waals surface area contributed by atoms with Crippen molar-refractivity contribution in [3.8, 4) is 35.4 Å². The van der Waals surface area contributed by atoms with Crippen molar-refractivity contribution < 1.29 is 37.4 Å². The fourth-order valence-electron chi connectivity index (χ4n) is 13.4. The summed E-state index contributed by atoms with van der Waals surface area (Å²) in [5.41, 5.74) is 1.20. The molecule has 3 atom stereocenters. The molecule has 7 aliphatic rings. The first-order valence-electron chi connectivity index (χ1n) is 27.0. The summed E-state index contributed by atoms with van der Waals surface area (Å²) in [6.07, 6.45) is 17.6. The summed E-state index contributed by atoms with van der Waals surface area (Å²) < 4.78 is 54.4. The SMILES string of the molecule is C#Cc1c(F)ccc2cc(O)cc(-c3ncc4c(N5CC6CCC(C5)N6)nc(OCCN5CCC(CN6CCC(CC7CCN(c8ccc9c(c8F)CN(C8CCC(=O)NC8=O)C9=O)CC7)CC6)CC5)nc4c3F)c12. The van der Waals surface area contributed by atoms with Crippen LogP contribution in [0, 0.1) is 47.5 Å². The molecule has 75 heavy (non-hydrogen) atoms. The number of likely N-dealkylation sites (tertiary alicyclic amines) is 2. The first kappa shape index (κ1) is 49.3. The maximum atomic E-state index is 17.0. The molecule has 5 aromatic rings. The molecule has 7 aliphatic heterocycles. The third-order valence-corrected chi connectivity index (χ3v) is 17.4. The lowest BCUT2D eigenvalue weighted by atomic mass is 9.82. The van der Waals surface area contributed by atoms with Crippen molar-refractivity contribution >= 4 is 50.9 Å². The summed E-state index contributed by atoms with van der Waals surface area (Å²) in [6, 6.07) is 8.85. The predicted octanol–water partition coefficient (Wildman–Crippen LogP) is 6.76. The largest absolute Gasteiger partial charge is 0.508 e. The molecule has 3 amide bonds. The molecular formula is C57H63F3N10O5. The summed E-state index contributed by atoms with van der Waals surface area (Å²) in [5.74, 6) is 1.80. The topological polar surface area (TPSA) is 160 Å². The van der Waals surface area contributed by atoms with Crippen molar-refractivity contribution in [3.63, 3.8) is 0 Å². The van der Waals surface area contributed by atoms with Gasteiger partial charge in [0.15, 0.2) is 11.6 Å². The van der Waals surface area contributed by atoms with Crippen LogP contribution >= 0.6 is 0 Å². The molecule has 0 spiro atoms. The quantitative estimate of drug-likeness (QED) is 0.0890. The first-order chi connectivity index (χ1) is 36.4. The minimum absolute atomic E-state index is 0.0292. The lowest BCUT2D eigenvalue weighted by molar-refractivity contribution is -0.136. The van der Waals surface area contributed by atoms with E-state index in [4.69, 9.17) is 16.1 Å². The number of terminal acetylenes is 1. The van der Waals surface area contributed by atoms with Gasteiger partial charge >= 0.3 is 6.01 Å². The van der Waals surface area contributed by atoms with E-state index < -0.39 is 23.6 Å². The van der Waals surface area contributed by atoms with Crippen LogP contribution in [0.5, 0.6) is 11.8 Å². The number of hydrogen-bond acceptors (Lipinski definition) is 13. The Morgan fingerprint density at radius 2 is 1.51 bits per heavy atom. The van der Waals surface area contributed by atoms with Gasteiger partial charge in [0.2, 0.25) is 11.8 Å². The van der Waals surface area contributed by atoms with Crippen molar-refractivity contribution in [2.75, 3.05) is 81.9 Å². The number of hydrogen-bond donors (Lipinski definition) is 3. The van der Waals surface area contributed by atoms with Crippen LogP contribution < -0.4 is 25.2 Å². The van der Waals surface area contributed by atoms with E-state index in [2.05, 4.69) is 46.1 Å². The number of fused-ring (bicyclic) bond motifs is 5. The number of phenolic OH excluding ortho intramolecular Hbond substituents is 1. The van der Waals surface area contributed by atoms with Crippen LogP contribution in [0.1, 0.15) is 92.1 Å². The van der Waals surface area contributed by atoms with E-state index in [9.17, 15) is 19.5 Å². The van der Waals surface area contributed by atoms with E-state index in [0.717, 1.165) is 84.3 Å². The highest BCUT2D eigenvalue weighted by molar-refractivity contribution is 6.06. The number of imide groups is 1. The number of piperidine rings is 4. The van der Waals surface area contributed by atoms with E-state index in [1.54, 1.807) is 18.3 Å². The Hall–Kier alpha value is -6.55. The van der Waals surface area contributed by atoms with Gasteiger partial charge in [-0.1, -0.05) is 12.0 Å². The number of piperazine rings is 1. The van der Waals surface area contributed by atoms with E-state index in [-0.39, 0.29) is 76.5 Å². The Bertz CT molecular complexity index is 3100. The van der Waals surface area contributed by atoms with E-state index >= 15 is 13.2 Å². The number of aromatic nitrogens is 3. The Morgan fingerprint density at radius 3 is 2.24 bits per heavy atom. The van der Waals surface area contributed by atoms with Crippen LogP contribution in [0.4, 0.5) is 24.7 Å². The Kier molecular flexibility index (Phi) is 13.5. The maximum absolute atomic E-state index is 17.0. The van der Waals surface area contributed by atoms with Crippen LogP contribution in [-0.2, 0) is 16.1 Å². The second-order valence-electron chi connectivity index (χ2n) is 22.1. The normalized spacial score (nSPS) is 23.4. The number of anilines is 2. The molecule has 18 heteroatoms. The van der Waals surface area contributed by atoms with Gasteiger partial charge in [-0.25, -0.2) is 13.2 Å².